The normalized spacial score (nSPS) is 19.4. The maximum Gasteiger partial charge on any atom is 0.222 e. The van der Waals surface area contributed by atoms with Crippen molar-refractivity contribution in [2.24, 2.45) is 0 Å². The molecule has 2 atom stereocenters. The summed E-state index contributed by atoms with van der Waals surface area (Å²) in [7, 11) is 1.67. The third-order valence-electron chi connectivity index (χ3n) is 4.40. The number of anilines is 1. The van der Waals surface area contributed by atoms with Crippen LogP contribution in [0.2, 0.25) is 5.02 Å². The van der Waals surface area contributed by atoms with Crippen LogP contribution in [0, 0.1) is 0 Å². The zero-order valence-electron chi connectivity index (χ0n) is 13.2. The molecule has 0 spiro atoms. The number of fused-ring (bicyclic) bond motifs is 1. The minimum absolute atomic E-state index is 0.121. The SMILES string of the molecule is COc1ccc([C@@H]2C[C@@H](c3ccc(Cl)cc3)Nc3ncnn32)cc1. The van der Waals surface area contributed by atoms with Crippen molar-refractivity contribution < 1.29 is 4.74 Å². The molecule has 122 valence electrons. The molecule has 0 saturated carbocycles. The van der Waals surface area contributed by atoms with E-state index in [1.807, 2.05) is 28.9 Å². The standard InChI is InChI=1S/C18H17ClN4O/c1-24-15-8-4-13(5-9-15)17-10-16(12-2-6-14(19)7-3-12)22-18-20-11-21-23(17)18/h2-9,11,16-17H,10H2,1H3,(H,20,21,22)/t16-,17-/m0/s1. The molecule has 1 aliphatic heterocycles. The topological polar surface area (TPSA) is 52.0 Å². The first-order valence-corrected chi connectivity index (χ1v) is 8.18. The predicted octanol–water partition coefficient (Wildman–Crippen LogP) is 4.09. The second-order valence-electron chi connectivity index (χ2n) is 5.80. The number of nitrogens with zero attached hydrogens (tertiary/aromatic N) is 3. The minimum atomic E-state index is 0.121. The van der Waals surface area contributed by atoms with Gasteiger partial charge in [0.25, 0.3) is 0 Å². The summed E-state index contributed by atoms with van der Waals surface area (Å²) in [5, 5.41) is 8.59. The van der Waals surface area contributed by atoms with E-state index in [1.54, 1.807) is 13.4 Å². The van der Waals surface area contributed by atoms with Gasteiger partial charge >= 0.3 is 0 Å². The molecule has 1 aromatic heterocycles. The molecule has 0 amide bonds. The Morgan fingerprint density at radius 3 is 2.50 bits per heavy atom. The monoisotopic (exact) mass is 340 g/mol. The zero-order chi connectivity index (χ0) is 16.5. The van der Waals surface area contributed by atoms with E-state index in [4.69, 9.17) is 16.3 Å². The lowest BCUT2D eigenvalue weighted by Crippen LogP contribution is -2.28. The highest BCUT2D eigenvalue weighted by atomic mass is 35.5. The Balaban J connectivity index is 1.69. The van der Waals surface area contributed by atoms with Gasteiger partial charge in [-0.1, -0.05) is 35.9 Å². The maximum atomic E-state index is 6.01. The van der Waals surface area contributed by atoms with E-state index in [0.717, 1.165) is 23.1 Å². The van der Waals surface area contributed by atoms with Gasteiger partial charge in [-0.05, 0) is 41.8 Å². The summed E-state index contributed by atoms with van der Waals surface area (Å²) in [6.07, 6.45) is 2.47. The minimum Gasteiger partial charge on any atom is -0.497 e. The van der Waals surface area contributed by atoms with Crippen LogP contribution in [-0.4, -0.2) is 21.9 Å². The van der Waals surface area contributed by atoms with E-state index < -0.39 is 0 Å². The molecule has 0 fully saturated rings. The number of benzene rings is 2. The van der Waals surface area contributed by atoms with Crippen molar-refractivity contribution in [1.29, 1.82) is 0 Å². The Labute approximate surface area is 145 Å². The average molecular weight is 341 g/mol. The number of nitrogens with one attached hydrogen (secondary N) is 1. The molecule has 0 aliphatic carbocycles. The van der Waals surface area contributed by atoms with E-state index in [1.165, 1.54) is 11.1 Å². The molecule has 0 radical (unpaired) electrons. The van der Waals surface area contributed by atoms with E-state index in [-0.39, 0.29) is 12.1 Å². The zero-order valence-corrected chi connectivity index (χ0v) is 13.9. The van der Waals surface area contributed by atoms with Crippen LogP contribution in [-0.2, 0) is 0 Å². The molecule has 2 aromatic carbocycles. The fraction of sp³-hybridized carbons (Fsp3) is 0.222. The number of rotatable bonds is 3. The van der Waals surface area contributed by atoms with Gasteiger partial charge in [0, 0.05) is 5.02 Å². The molecule has 0 saturated heterocycles. The van der Waals surface area contributed by atoms with Crippen LogP contribution in [0.3, 0.4) is 0 Å². The number of aromatic nitrogens is 3. The molecular formula is C18H17ClN4O. The van der Waals surface area contributed by atoms with Gasteiger partial charge in [-0.3, -0.25) is 0 Å². The van der Waals surface area contributed by atoms with Crippen LogP contribution in [0.1, 0.15) is 29.6 Å². The quantitative estimate of drug-likeness (QED) is 0.780. The predicted molar refractivity (Wildman–Crippen MR) is 93.6 cm³/mol. The largest absolute Gasteiger partial charge is 0.497 e. The molecule has 0 bridgehead atoms. The summed E-state index contributed by atoms with van der Waals surface area (Å²) in [5.41, 5.74) is 2.37. The van der Waals surface area contributed by atoms with Crippen molar-refractivity contribution in [1.82, 2.24) is 14.8 Å². The molecule has 6 heteroatoms. The van der Waals surface area contributed by atoms with Crippen LogP contribution in [0.4, 0.5) is 5.95 Å². The first-order chi connectivity index (χ1) is 11.7. The number of ether oxygens (including phenoxy) is 1. The third kappa shape index (κ3) is 2.71. The molecule has 0 unspecified atom stereocenters. The third-order valence-corrected chi connectivity index (χ3v) is 4.66. The van der Waals surface area contributed by atoms with Gasteiger partial charge in [0.15, 0.2) is 0 Å². The lowest BCUT2D eigenvalue weighted by Gasteiger charge is -2.31. The average Bonchev–Trinajstić information content (AvgIpc) is 3.10. The van der Waals surface area contributed by atoms with Gasteiger partial charge in [-0.15, -0.1) is 0 Å². The Kier molecular flexibility index (Phi) is 3.86. The molecule has 1 aliphatic rings. The second kappa shape index (κ2) is 6.17. The lowest BCUT2D eigenvalue weighted by atomic mass is 9.93. The first-order valence-electron chi connectivity index (χ1n) is 7.80. The Morgan fingerprint density at radius 1 is 1.08 bits per heavy atom. The van der Waals surface area contributed by atoms with Gasteiger partial charge in [-0.25, -0.2) is 4.68 Å². The molecule has 3 aromatic rings. The molecule has 4 rings (SSSR count). The van der Waals surface area contributed by atoms with Crippen LogP contribution in [0.15, 0.2) is 54.9 Å². The van der Waals surface area contributed by atoms with Crippen LogP contribution >= 0.6 is 11.6 Å². The second-order valence-corrected chi connectivity index (χ2v) is 6.24. The van der Waals surface area contributed by atoms with Crippen LogP contribution < -0.4 is 10.1 Å². The summed E-state index contributed by atoms with van der Waals surface area (Å²) in [5.74, 6) is 1.63. The van der Waals surface area contributed by atoms with Crippen molar-refractivity contribution in [2.45, 2.75) is 18.5 Å². The number of hydrogen-bond acceptors (Lipinski definition) is 4. The summed E-state index contributed by atoms with van der Waals surface area (Å²) in [6, 6.07) is 16.3. The molecule has 24 heavy (non-hydrogen) atoms. The van der Waals surface area contributed by atoms with E-state index >= 15 is 0 Å². The van der Waals surface area contributed by atoms with Crippen molar-refractivity contribution in [3.05, 3.63) is 71.0 Å². The van der Waals surface area contributed by atoms with Gasteiger partial charge in [0.1, 0.15) is 12.1 Å². The van der Waals surface area contributed by atoms with Gasteiger partial charge in [-0.2, -0.15) is 10.1 Å². The summed E-state index contributed by atoms with van der Waals surface area (Å²) >= 11 is 6.01. The Morgan fingerprint density at radius 2 is 1.79 bits per heavy atom. The van der Waals surface area contributed by atoms with E-state index in [2.05, 4.69) is 39.7 Å². The number of halogens is 1. The van der Waals surface area contributed by atoms with E-state index in [9.17, 15) is 0 Å². The van der Waals surface area contributed by atoms with Crippen LogP contribution in [0.25, 0.3) is 0 Å². The Hall–Kier alpha value is -2.53. The van der Waals surface area contributed by atoms with Crippen molar-refractivity contribution in [3.8, 4) is 5.75 Å². The Bertz CT molecular complexity index is 829. The van der Waals surface area contributed by atoms with Crippen LogP contribution in [0.5, 0.6) is 5.75 Å². The summed E-state index contributed by atoms with van der Waals surface area (Å²) < 4.78 is 7.19. The van der Waals surface area contributed by atoms with E-state index in [0.29, 0.717) is 0 Å². The summed E-state index contributed by atoms with van der Waals surface area (Å²) in [4.78, 5) is 4.35. The van der Waals surface area contributed by atoms with Crippen molar-refractivity contribution >= 4 is 17.5 Å². The maximum absolute atomic E-state index is 6.01. The first kappa shape index (κ1) is 15.0. The fourth-order valence-electron chi connectivity index (χ4n) is 3.14. The highest BCUT2D eigenvalue weighted by Gasteiger charge is 2.29. The molecule has 5 nitrogen and oxygen atoms in total. The van der Waals surface area contributed by atoms with Gasteiger partial charge in [0.05, 0.1) is 19.2 Å². The van der Waals surface area contributed by atoms with Gasteiger partial charge in [0.2, 0.25) is 5.95 Å². The van der Waals surface area contributed by atoms with Crippen molar-refractivity contribution in [2.75, 3.05) is 12.4 Å². The summed E-state index contributed by atoms with van der Waals surface area (Å²) in [6.45, 7) is 0. The fourth-order valence-corrected chi connectivity index (χ4v) is 3.26. The molecule has 2 heterocycles. The number of methoxy groups -OCH3 is 1. The molecular weight excluding hydrogens is 324 g/mol. The van der Waals surface area contributed by atoms with Crippen molar-refractivity contribution in [3.63, 3.8) is 0 Å². The highest BCUT2D eigenvalue weighted by molar-refractivity contribution is 6.30. The number of hydrogen-bond donors (Lipinski definition) is 1. The lowest BCUT2D eigenvalue weighted by molar-refractivity contribution is 0.411. The highest BCUT2D eigenvalue weighted by Crippen LogP contribution is 2.37. The van der Waals surface area contributed by atoms with Gasteiger partial charge < -0.3 is 10.1 Å². The molecule has 1 N–H and O–H groups in total. The smallest absolute Gasteiger partial charge is 0.222 e.